The molecule has 0 N–H and O–H groups in total. The maximum atomic E-state index is 4.70. The molecule has 2 aromatic heterocycles. The SMILES string of the molecule is C=C(CCCC)C1=NC(C)=c2ncn(-c3ccncc3)c2=C=C1. The molecule has 0 saturated carbocycles. The van der Waals surface area contributed by atoms with E-state index in [0.29, 0.717) is 0 Å². The van der Waals surface area contributed by atoms with Gasteiger partial charge in [-0.25, -0.2) is 4.98 Å². The van der Waals surface area contributed by atoms with E-state index in [0.717, 1.165) is 52.6 Å². The van der Waals surface area contributed by atoms with Crippen LogP contribution in [0.3, 0.4) is 0 Å². The predicted octanol–water partition coefficient (Wildman–Crippen LogP) is 2.53. The van der Waals surface area contributed by atoms with Gasteiger partial charge in [0.2, 0.25) is 0 Å². The first-order valence-corrected chi connectivity index (χ1v) is 7.89. The van der Waals surface area contributed by atoms with Gasteiger partial charge < -0.3 is 0 Å². The van der Waals surface area contributed by atoms with E-state index in [4.69, 9.17) is 4.99 Å². The van der Waals surface area contributed by atoms with Gasteiger partial charge in [0.05, 0.1) is 17.1 Å². The van der Waals surface area contributed by atoms with Gasteiger partial charge in [-0.2, -0.15) is 0 Å². The van der Waals surface area contributed by atoms with E-state index in [2.05, 4.69) is 29.2 Å². The summed E-state index contributed by atoms with van der Waals surface area (Å²) in [6, 6.07) is 3.90. The van der Waals surface area contributed by atoms with E-state index >= 15 is 0 Å². The summed E-state index contributed by atoms with van der Waals surface area (Å²) in [7, 11) is 0. The molecule has 0 bridgehead atoms. The Labute approximate surface area is 135 Å². The average Bonchev–Trinajstić information content (AvgIpc) is 2.93. The fraction of sp³-hybridized carbons (Fsp3) is 0.263. The molecule has 0 aliphatic carbocycles. The molecule has 4 nitrogen and oxygen atoms in total. The van der Waals surface area contributed by atoms with Crippen LogP contribution in [-0.2, 0) is 0 Å². The molecule has 1 aliphatic heterocycles. The second-order valence-corrected chi connectivity index (χ2v) is 5.60. The number of nitrogens with zero attached hydrogens (tertiary/aromatic N) is 4. The lowest BCUT2D eigenvalue weighted by Gasteiger charge is -2.03. The molecular weight excluding hydrogens is 284 g/mol. The summed E-state index contributed by atoms with van der Waals surface area (Å²) >= 11 is 0. The first-order valence-electron chi connectivity index (χ1n) is 7.89. The zero-order valence-corrected chi connectivity index (χ0v) is 13.6. The Morgan fingerprint density at radius 3 is 2.83 bits per heavy atom. The third-order valence-corrected chi connectivity index (χ3v) is 3.88. The van der Waals surface area contributed by atoms with Crippen molar-refractivity contribution < 1.29 is 0 Å². The highest BCUT2D eigenvalue weighted by molar-refractivity contribution is 6.10. The zero-order chi connectivity index (χ0) is 16.2. The Morgan fingerprint density at radius 1 is 1.30 bits per heavy atom. The maximum absolute atomic E-state index is 4.70. The number of hydrogen-bond acceptors (Lipinski definition) is 3. The molecule has 1 aliphatic rings. The van der Waals surface area contributed by atoms with Crippen molar-refractivity contribution in [1.29, 1.82) is 0 Å². The van der Waals surface area contributed by atoms with Crippen molar-refractivity contribution in [2.24, 2.45) is 4.99 Å². The summed E-state index contributed by atoms with van der Waals surface area (Å²) in [4.78, 5) is 13.3. The number of fused-ring (bicyclic) bond motifs is 1. The van der Waals surface area contributed by atoms with Crippen LogP contribution in [0.25, 0.3) is 17.1 Å². The highest BCUT2D eigenvalue weighted by atomic mass is 15.0. The van der Waals surface area contributed by atoms with Crippen molar-refractivity contribution in [3.8, 4) is 5.69 Å². The first kappa shape index (κ1) is 15.2. The van der Waals surface area contributed by atoms with E-state index in [1.54, 1.807) is 18.7 Å². The van der Waals surface area contributed by atoms with Crippen LogP contribution in [0.5, 0.6) is 0 Å². The smallest absolute Gasteiger partial charge is 0.118 e. The minimum absolute atomic E-state index is 0.858. The lowest BCUT2D eigenvalue weighted by Crippen LogP contribution is -2.29. The lowest BCUT2D eigenvalue weighted by molar-refractivity contribution is 0.804. The third kappa shape index (κ3) is 3.08. The molecular formula is C19H20N4. The van der Waals surface area contributed by atoms with Gasteiger partial charge in [-0.3, -0.25) is 14.5 Å². The third-order valence-electron chi connectivity index (χ3n) is 3.88. The Morgan fingerprint density at radius 2 is 2.09 bits per heavy atom. The van der Waals surface area contributed by atoms with Crippen molar-refractivity contribution >= 4 is 17.1 Å². The largest absolute Gasteiger partial charge is 0.292 e. The van der Waals surface area contributed by atoms with Crippen LogP contribution in [-0.4, -0.2) is 20.2 Å². The summed E-state index contributed by atoms with van der Waals surface area (Å²) in [5.41, 5.74) is 7.21. The van der Waals surface area contributed by atoms with Crippen LogP contribution >= 0.6 is 0 Å². The summed E-state index contributed by atoms with van der Waals surface area (Å²) < 4.78 is 2.00. The number of pyridine rings is 1. The number of imidazole rings is 1. The quantitative estimate of drug-likeness (QED) is 0.852. The molecule has 0 amide bonds. The van der Waals surface area contributed by atoms with Crippen molar-refractivity contribution in [3.63, 3.8) is 0 Å². The van der Waals surface area contributed by atoms with Crippen molar-refractivity contribution in [2.45, 2.75) is 33.1 Å². The van der Waals surface area contributed by atoms with Gasteiger partial charge in [0.1, 0.15) is 17.0 Å². The second kappa shape index (κ2) is 6.59. The Balaban J connectivity index is 2.11. The van der Waals surface area contributed by atoms with Crippen LogP contribution in [0.4, 0.5) is 0 Å². The van der Waals surface area contributed by atoms with Crippen LogP contribution in [0.1, 0.15) is 33.1 Å². The molecule has 0 spiro atoms. The van der Waals surface area contributed by atoms with Crippen LogP contribution in [0.2, 0.25) is 0 Å². The van der Waals surface area contributed by atoms with Gasteiger partial charge in [-0.15, -0.1) is 0 Å². The summed E-state index contributed by atoms with van der Waals surface area (Å²) in [6.45, 7) is 8.33. The first-order chi connectivity index (χ1) is 11.2. The van der Waals surface area contributed by atoms with Crippen LogP contribution in [0, 0.1) is 0 Å². The fourth-order valence-electron chi connectivity index (χ4n) is 2.55. The number of allylic oxidation sites excluding steroid dienone is 2. The highest BCUT2D eigenvalue weighted by Gasteiger charge is 2.08. The van der Waals surface area contributed by atoms with E-state index in [9.17, 15) is 0 Å². The van der Waals surface area contributed by atoms with E-state index < -0.39 is 0 Å². The van der Waals surface area contributed by atoms with E-state index in [-0.39, 0.29) is 0 Å². The molecule has 0 fully saturated rings. The molecule has 3 heterocycles. The molecule has 3 rings (SSSR count). The van der Waals surface area contributed by atoms with Crippen molar-refractivity contribution in [2.75, 3.05) is 0 Å². The normalized spacial score (nSPS) is 13.1. The molecule has 0 aromatic carbocycles. The summed E-state index contributed by atoms with van der Waals surface area (Å²) in [5, 5.41) is 1.77. The van der Waals surface area contributed by atoms with E-state index in [1.165, 1.54) is 0 Å². The molecule has 23 heavy (non-hydrogen) atoms. The summed E-state index contributed by atoms with van der Waals surface area (Å²) in [5.74, 6) is 0. The van der Waals surface area contributed by atoms with Crippen LogP contribution in [0.15, 0.2) is 54.1 Å². The molecule has 0 radical (unpaired) electrons. The number of aliphatic imine (C=N–C) groups is 1. The Kier molecular flexibility index (Phi) is 4.35. The minimum atomic E-state index is 0.858. The summed E-state index contributed by atoms with van der Waals surface area (Å²) in [6.07, 6.45) is 10.5. The molecule has 4 heteroatoms. The molecule has 116 valence electrons. The van der Waals surface area contributed by atoms with Crippen LogP contribution < -0.4 is 10.7 Å². The molecule has 2 aromatic rings. The predicted molar refractivity (Wildman–Crippen MR) is 93.8 cm³/mol. The number of hydrogen-bond donors (Lipinski definition) is 0. The molecule has 0 unspecified atom stereocenters. The zero-order valence-electron chi connectivity index (χ0n) is 13.6. The number of rotatable bonds is 5. The average molecular weight is 304 g/mol. The van der Waals surface area contributed by atoms with Gasteiger partial charge in [-0.1, -0.05) is 25.7 Å². The number of unbranched alkanes of at least 4 members (excludes halogenated alkanes) is 1. The number of aromatic nitrogens is 3. The van der Waals surface area contributed by atoms with Crippen molar-refractivity contribution in [1.82, 2.24) is 14.5 Å². The minimum Gasteiger partial charge on any atom is -0.292 e. The maximum Gasteiger partial charge on any atom is 0.118 e. The van der Waals surface area contributed by atoms with Crippen molar-refractivity contribution in [3.05, 3.63) is 59.8 Å². The second-order valence-electron chi connectivity index (χ2n) is 5.60. The topological polar surface area (TPSA) is 43.1 Å². The highest BCUT2D eigenvalue weighted by Crippen LogP contribution is 2.11. The van der Waals surface area contributed by atoms with Gasteiger partial charge in [0.25, 0.3) is 0 Å². The van der Waals surface area contributed by atoms with E-state index in [1.807, 2.05) is 29.7 Å². The Bertz CT molecular complexity index is 910. The molecule has 0 atom stereocenters. The monoisotopic (exact) mass is 304 g/mol. The Hall–Kier alpha value is -2.71. The van der Waals surface area contributed by atoms with Gasteiger partial charge in [0.15, 0.2) is 0 Å². The van der Waals surface area contributed by atoms with Gasteiger partial charge >= 0.3 is 0 Å². The fourth-order valence-corrected chi connectivity index (χ4v) is 2.55. The van der Waals surface area contributed by atoms with Gasteiger partial charge in [0, 0.05) is 18.5 Å². The standard InChI is InChI=1S/C19H20N4/c1-4-5-6-14(2)17-7-8-18-19(15(3)22-17)21-13-23(18)16-9-11-20-12-10-16/h7,9-13H,2,4-6H2,1,3H3. The lowest BCUT2D eigenvalue weighted by atomic mass is 10.1. The van der Waals surface area contributed by atoms with Gasteiger partial charge in [-0.05, 0) is 37.5 Å². The molecule has 0 saturated heterocycles.